The fourth-order valence-electron chi connectivity index (χ4n) is 2.11. The maximum absolute atomic E-state index is 13.5. The minimum Gasteiger partial charge on any atom is -0.378 e. The lowest BCUT2D eigenvalue weighted by atomic mass is 10.1. The highest BCUT2D eigenvalue weighted by Gasteiger charge is 2.16. The van der Waals surface area contributed by atoms with Crippen molar-refractivity contribution in [2.45, 2.75) is 38.3 Å². The molecule has 0 radical (unpaired) electrons. The summed E-state index contributed by atoms with van der Waals surface area (Å²) >= 11 is 3.20. The molecule has 1 atom stereocenters. The number of halogens is 2. The number of carbonyl (C=O) groups is 1. The summed E-state index contributed by atoms with van der Waals surface area (Å²) in [7, 11) is 0. The van der Waals surface area contributed by atoms with E-state index in [0.717, 1.165) is 25.9 Å². The summed E-state index contributed by atoms with van der Waals surface area (Å²) < 4.78 is 19.7. The predicted octanol–water partition coefficient (Wildman–Crippen LogP) is 3.16. The van der Waals surface area contributed by atoms with Gasteiger partial charge in [0.25, 0.3) is 0 Å². The van der Waals surface area contributed by atoms with E-state index in [9.17, 15) is 9.18 Å². The molecule has 104 valence electrons. The lowest BCUT2D eigenvalue weighted by Crippen LogP contribution is -2.24. The molecule has 1 N–H and O–H groups in total. The van der Waals surface area contributed by atoms with Gasteiger partial charge in [-0.25, -0.2) is 4.39 Å². The van der Waals surface area contributed by atoms with Crippen LogP contribution >= 0.6 is 15.9 Å². The van der Waals surface area contributed by atoms with E-state index in [1.807, 2.05) is 0 Å². The highest BCUT2D eigenvalue weighted by molar-refractivity contribution is 9.10. The number of ether oxygens (including phenoxy) is 1. The standard InChI is InChI=1S/C14H17BrFNO2/c15-11-4-3-10(13(16)8-11)9-17-14(18)6-5-12-2-1-7-19-12/h3-4,8,12H,1-2,5-7,9H2,(H,17,18). The quantitative estimate of drug-likeness (QED) is 0.901. The number of hydrogen-bond donors (Lipinski definition) is 1. The number of rotatable bonds is 5. The molecule has 0 bridgehead atoms. The van der Waals surface area contributed by atoms with E-state index >= 15 is 0 Å². The molecule has 1 fully saturated rings. The molecule has 1 saturated heterocycles. The summed E-state index contributed by atoms with van der Waals surface area (Å²) in [5.74, 6) is -0.369. The zero-order valence-electron chi connectivity index (χ0n) is 10.6. The van der Waals surface area contributed by atoms with Crippen molar-refractivity contribution in [1.82, 2.24) is 5.32 Å². The van der Waals surface area contributed by atoms with Crippen LogP contribution < -0.4 is 5.32 Å². The van der Waals surface area contributed by atoms with Crippen molar-refractivity contribution in [2.24, 2.45) is 0 Å². The highest BCUT2D eigenvalue weighted by atomic mass is 79.9. The Labute approximate surface area is 120 Å². The maximum atomic E-state index is 13.5. The third kappa shape index (κ3) is 4.58. The Morgan fingerprint density at radius 3 is 3.05 bits per heavy atom. The van der Waals surface area contributed by atoms with E-state index in [0.29, 0.717) is 16.5 Å². The largest absolute Gasteiger partial charge is 0.378 e. The molecule has 1 aromatic carbocycles. The Morgan fingerprint density at radius 1 is 1.53 bits per heavy atom. The van der Waals surface area contributed by atoms with Crippen molar-refractivity contribution in [1.29, 1.82) is 0 Å². The summed E-state index contributed by atoms with van der Waals surface area (Å²) in [6, 6.07) is 4.82. The molecule has 1 amide bonds. The lowest BCUT2D eigenvalue weighted by Gasteiger charge is -2.10. The minimum absolute atomic E-state index is 0.0576. The average Bonchev–Trinajstić information content (AvgIpc) is 2.88. The molecule has 3 nitrogen and oxygen atoms in total. The molecule has 5 heteroatoms. The first-order chi connectivity index (χ1) is 9.15. The van der Waals surface area contributed by atoms with Gasteiger partial charge in [-0.3, -0.25) is 4.79 Å². The summed E-state index contributed by atoms with van der Waals surface area (Å²) in [4.78, 5) is 11.7. The van der Waals surface area contributed by atoms with Gasteiger partial charge >= 0.3 is 0 Å². The fraction of sp³-hybridized carbons (Fsp3) is 0.500. The topological polar surface area (TPSA) is 38.3 Å². The van der Waals surface area contributed by atoms with E-state index in [4.69, 9.17) is 4.74 Å². The minimum atomic E-state index is -0.311. The molecular weight excluding hydrogens is 313 g/mol. The van der Waals surface area contributed by atoms with Crippen molar-refractivity contribution < 1.29 is 13.9 Å². The molecule has 1 unspecified atom stereocenters. The van der Waals surface area contributed by atoms with E-state index < -0.39 is 0 Å². The number of amides is 1. The molecular formula is C14H17BrFNO2. The van der Waals surface area contributed by atoms with Gasteiger partial charge < -0.3 is 10.1 Å². The summed E-state index contributed by atoms with van der Waals surface area (Å²) in [6.07, 6.45) is 3.51. The van der Waals surface area contributed by atoms with E-state index in [-0.39, 0.29) is 24.4 Å². The van der Waals surface area contributed by atoms with Crippen LogP contribution in [0.25, 0.3) is 0 Å². The van der Waals surface area contributed by atoms with Gasteiger partial charge in [0.05, 0.1) is 6.10 Å². The van der Waals surface area contributed by atoms with Crippen LogP contribution in [-0.4, -0.2) is 18.6 Å². The fourth-order valence-corrected chi connectivity index (χ4v) is 2.44. The zero-order chi connectivity index (χ0) is 13.7. The smallest absolute Gasteiger partial charge is 0.220 e. The van der Waals surface area contributed by atoms with Gasteiger partial charge in [-0.1, -0.05) is 22.0 Å². The van der Waals surface area contributed by atoms with Gasteiger partial charge in [0.2, 0.25) is 5.91 Å². The van der Waals surface area contributed by atoms with Gasteiger partial charge in [-0.15, -0.1) is 0 Å². The first kappa shape index (κ1) is 14.5. The van der Waals surface area contributed by atoms with Crippen LogP contribution in [0.15, 0.2) is 22.7 Å². The number of carbonyl (C=O) groups excluding carboxylic acids is 1. The van der Waals surface area contributed by atoms with Crippen LogP contribution in [-0.2, 0) is 16.1 Å². The second-order valence-corrected chi connectivity index (χ2v) is 5.60. The highest BCUT2D eigenvalue weighted by Crippen LogP contribution is 2.17. The van der Waals surface area contributed by atoms with Gasteiger partial charge in [-0.05, 0) is 31.4 Å². The van der Waals surface area contributed by atoms with Crippen LogP contribution in [0, 0.1) is 5.82 Å². The zero-order valence-corrected chi connectivity index (χ0v) is 12.2. The van der Waals surface area contributed by atoms with Crippen molar-refractivity contribution >= 4 is 21.8 Å². The van der Waals surface area contributed by atoms with Gasteiger partial charge in [0, 0.05) is 29.6 Å². The summed E-state index contributed by atoms with van der Waals surface area (Å²) in [6.45, 7) is 1.03. The van der Waals surface area contributed by atoms with Gasteiger partial charge in [-0.2, -0.15) is 0 Å². The first-order valence-electron chi connectivity index (χ1n) is 6.47. The predicted molar refractivity (Wildman–Crippen MR) is 74.2 cm³/mol. The molecule has 0 saturated carbocycles. The van der Waals surface area contributed by atoms with Crippen LogP contribution in [0.4, 0.5) is 4.39 Å². The Balaban J connectivity index is 1.73. The molecule has 19 heavy (non-hydrogen) atoms. The third-order valence-electron chi connectivity index (χ3n) is 3.21. The summed E-state index contributed by atoms with van der Waals surface area (Å²) in [5, 5.41) is 2.73. The van der Waals surface area contributed by atoms with Crippen LogP contribution in [0.1, 0.15) is 31.2 Å². The van der Waals surface area contributed by atoms with Crippen LogP contribution in [0.5, 0.6) is 0 Å². The second kappa shape index (κ2) is 7.01. The number of nitrogens with one attached hydrogen (secondary N) is 1. The van der Waals surface area contributed by atoms with Crippen molar-refractivity contribution in [2.75, 3.05) is 6.61 Å². The molecule has 0 aromatic heterocycles. The van der Waals surface area contributed by atoms with Gasteiger partial charge in [0.15, 0.2) is 0 Å². The van der Waals surface area contributed by atoms with Crippen molar-refractivity contribution in [3.63, 3.8) is 0 Å². The number of hydrogen-bond acceptors (Lipinski definition) is 2. The van der Waals surface area contributed by atoms with Crippen LogP contribution in [0.2, 0.25) is 0 Å². The Bertz CT molecular complexity index is 447. The van der Waals surface area contributed by atoms with Gasteiger partial charge in [0.1, 0.15) is 5.82 Å². The Morgan fingerprint density at radius 2 is 2.37 bits per heavy atom. The SMILES string of the molecule is O=C(CCC1CCCO1)NCc1ccc(Br)cc1F. The average molecular weight is 330 g/mol. The monoisotopic (exact) mass is 329 g/mol. The second-order valence-electron chi connectivity index (χ2n) is 4.69. The molecule has 1 aliphatic heterocycles. The van der Waals surface area contributed by atoms with E-state index in [2.05, 4.69) is 21.2 Å². The molecule has 2 rings (SSSR count). The molecule has 1 heterocycles. The molecule has 1 aromatic rings. The van der Waals surface area contributed by atoms with E-state index in [1.165, 1.54) is 6.07 Å². The third-order valence-corrected chi connectivity index (χ3v) is 3.70. The van der Waals surface area contributed by atoms with Crippen LogP contribution in [0.3, 0.4) is 0 Å². The van der Waals surface area contributed by atoms with Crippen molar-refractivity contribution in [3.8, 4) is 0 Å². The molecule has 0 aliphatic carbocycles. The Hall–Kier alpha value is -0.940. The lowest BCUT2D eigenvalue weighted by molar-refractivity contribution is -0.121. The maximum Gasteiger partial charge on any atom is 0.220 e. The molecule has 0 spiro atoms. The number of benzene rings is 1. The molecule has 1 aliphatic rings. The summed E-state index contributed by atoms with van der Waals surface area (Å²) in [5.41, 5.74) is 0.494. The normalized spacial score (nSPS) is 18.5. The van der Waals surface area contributed by atoms with Crippen molar-refractivity contribution in [3.05, 3.63) is 34.1 Å². The van der Waals surface area contributed by atoms with E-state index in [1.54, 1.807) is 12.1 Å². The first-order valence-corrected chi connectivity index (χ1v) is 7.26. The Kier molecular flexibility index (Phi) is 5.34.